The van der Waals surface area contributed by atoms with E-state index in [1.807, 2.05) is 0 Å². The maximum atomic E-state index is 12.7. The van der Waals surface area contributed by atoms with E-state index in [9.17, 15) is 14.7 Å². The van der Waals surface area contributed by atoms with Gasteiger partial charge in [-0.25, -0.2) is 0 Å². The zero-order chi connectivity index (χ0) is 16.1. The Hall–Kier alpha value is -1.85. The van der Waals surface area contributed by atoms with Crippen molar-refractivity contribution in [2.45, 2.75) is 31.7 Å². The average molecular weight is 366 g/mol. The molecule has 1 N–H and O–H groups in total. The van der Waals surface area contributed by atoms with Crippen molar-refractivity contribution in [3.63, 3.8) is 0 Å². The van der Waals surface area contributed by atoms with Gasteiger partial charge in [-0.1, -0.05) is 40.9 Å². The lowest BCUT2D eigenvalue weighted by Crippen LogP contribution is -2.41. The summed E-state index contributed by atoms with van der Waals surface area (Å²) in [6, 6.07) is 6.05. The number of Topliss-reactive ketones (excluding diaryl/α,β-unsaturated/α-hetero) is 1. The molecule has 1 aliphatic rings. The number of halogens is 1. The summed E-state index contributed by atoms with van der Waals surface area (Å²) in [4.78, 5) is 27.0. The summed E-state index contributed by atoms with van der Waals surface area (Å²) >= 11 is 3.31. The predicted molar refractivity (Wildman–Crippen MR) is 79.6 cm³/mol. The average Bonchev–Trinajstić information content (AvgIpc) is 2.53. The number of carbonyl (C=O) groups is 2. The van der Waals surface area contributed by atoms with E-state index in [4.69, 9.17) is 5.53 Å². The Morgan fingerprint density at radius 2 is 1.82 bits per heavy atom. The zero-order valence-corrected chi connectivity index (χ0v) is 13.5. The number of nitrogens with one attached hydrogen (secondary N) is 1. The van der Waals surface area contributed by atoms with Crippen molar-refractivity contribution in [1.82, 2.24) is 4.91 Å². The van der Waals surface area contributed by atoms with Gasteiger partial charge in [-0.3, -0.25) is 4.79 Å². The van der Waals surface area contributed by atoms with Crippen molar-refractivity contribution in [2.24, 2.45) is 17.0 Å². The Kier molecular flexibility index (Phi) is 5.57. The Labute approximate surface area is 136 Å². The fraction of sp³-hybridized carbons (Fsp3) is 0.467. The van der Waals surface area contributed by atoms with E-state index in [1.165, 1.54) is 0 Å². The van der Waals surface area contributed by atoms with E-state index in [1.54, 1.807) is 24.3 Å². The highest BCUT2D eigenvalue weighted by atomic mass is 79.9. The van der Waals surface area contributed by atoms with Crippen LogP contribution >= 0.6 is 15.9 Å². The molecule has 0 aliphatic heterocycles. The highest BCUT2D eigenvalue weighted by Crippen LogP contribution is 2.35. The zero-order valence-electron chi connectivity index (χ0n) is 11.9. The quantitative estimate of drug-likeness (QED) is 0.637. The number of ketones is 1. The highest BCUT2D eigenvalue weighted by molar-refractivity contribution is 9.10. The van der Waals surface area contributed by atoms with Crippen LogP contribution in [0.4, 0.5) is 0 Å². The van der Waals surface area contributed by atoms with E-state index in [2.05, 4.69) is 26.0 Å². The summed E-state index contributed by atoms with van der Waals surface area (Å²) in [5.41, 5.74) is 7.54. The number of carbonyl (C=O) groups excluding carboxylic acids is 2. The lowest BCUT2D eigenvalue weighted by atomic mass is 9.74. The number of carboxylic acids is 1. The van der Waals surface area contributed by atoms with Gasteiger partial charge in [0.25, 0.3) is 0 Å². The van der Waals surface area contributed by atoms with Gasteiger partial charge in [0.2, 0.25) is 11.0 Å². The summed E-state index contributed by atoms with van der Waals surface area (Å²) < 4.78 is 0.857. The van der Waals surface area contributed by atoms with Crippen LogP contribution in [-0.2, 0) is 9.59 Å². The molecule has 0 saturated heterocycles. The molecule has 3 atom stereocenters. The van der Waals surface area contributed by atoms with Gasteiger partial charge in [-0.15, -0.1) is 0 Å². The van der Waals surface area contributed by atoms with E-state index in [0.29, 0.717) is 18.4 Å². The maximum Gasteiger partial charge on any atom is 0.217 e. The fourth-order valence-electron chi connectivity index (χ4n) is 2.95. The van der Waals surface area contributed by atoms with Crippen molar-refractivity contribution in [3.05, 3.63) is 34.3 Å². The van der Waals surface area contributed by atoms with E-state index in [-0.39, 0.29) is 5.78 Å². The second kappa shape index (κ2) is 7.42. The molecule has 6 nitrogen and oxygen atoms in total. The van der Waals surface area contributed by atoms with Crippen LogP contribution in [0.2, 0.25) is 0 Å². The molecular formula is C15H16BrN3O3. The number of nitrogens with zero attached hydrogens (tertiary/aromatic N) is 2. The van der Waals surface area contributed by atoms with Crippen LogP contribution in [0.1, 0.15) is 37.3 Å². The van der Waals surface area contributed by atoms with Gasteiger partial charge in [0.1, 0.15) is 10.6 Å². The molecule has 0 bridgehead atoms. The molecule has 1 saturated carbocycles. The number of carboxylic acid groups (broad SMARTS) is 1. The Balaban J connectivity index is 2.31. The van der Waals surface area contributed by atoms with Crippen LogP contribution in [0, 0.1) is 17.4 Å². The summed E-state index contributed by atoms with van der Waals surface area (Å²) in [6.07, 6.45) is 2.55. The Morgan fingerprint density at radius 1 is 1.23 bits per heavy atom. The van der Waals surface area contributed by atoms with Crippen molar-refractivity contribution in [3.8, 4) is 0 Å². The largest absolute Gasteiger partial charge is 0.550 e. The monoisotopic (exact) mass is 365 g/mol. The SMILES string of the molecule is N=[N+]=NC(C(=O)C1CCCCC1C(=O)[O-])c1ccc(Br)cc1. The van der Waals surface area contributed by atoms with Gasteiger partial charge < -0.3 is 9.90 Å². The van der Waals surface area contributed by atoms with E-state index >= 15 is 0 Å². The third-order valence-corrected chi connectivity index (χ3v) is 4.59. The lowest BCUT2D eigenvalue weighted by molar-refractivity contribution is -0.314. The fourth-order valence-corrected chi connectivity index (χ4v) is 3.21. The van der Waals surface area contributed by atoms with Crippen molar-refractivity contribution in [1.29, 1.82) is 5.53 Å². The third kappa shape index (κ3) is 3.67. The first-order chi connectivity index (χ1) is 10.5. The molecule has 3 unspecified atom stereocenters. The standard InChI is InChI=1S/C15H16BrN3O3/c16-10-7-5-9(6-8-10)13(18-19-17)14(20)11-3-1-2-4-12(11)15(21)22/h5-8,11-13,17H,1-4H2. The van der Waals surface area contributed by atoms with Crippen LogP contribution in [0.25, 0.3) is 0 Å². The molecule has 0 aromatic heterocycles. The molecular weight excluding hydrogens is 350 g/mol. The molecule has 116 valence electrons. The smallest absolute Gasteiger partial charge is 0.217 e. The Bertz CT molecular complexity index is 611. The molecule has 1 aromatic rings. The molecule has 1 aliphatic carbocycles. The van der Waals surface area contributed by atoms with Crippen LogP contribution in [0.5, 0.6) is 0 Å². The number of rotatable bonds is 5. The van der Waals surface area contributed by atoms with Gasteiger partial charge in [0, 0.05) is 22.3 Å². The molecule has 0 radical (unpaired) electrons. The van der Waals surface area contributed by atoms with Crippen molar-refractivity contribution < 1.29 is 14.7 Å². The van der Waals surface area contributed by atoms with Gasteiger partial charge >= 0.3 is 0 Å². The van der Waals surface area contributed by atoms with Crippen molar-refractivity contribution in [2.75, 3.05) is 0 Å². The normalized spacial score (nSPS) is 22.4. The van der Waals surface area contributed by atoms with Crippen LogP contribution in [0.15, 0.2) is 33.9 Å². The number of hydrogen-bond acceptors (Lipinski definition) is 5. The minimum Gasteiger partial charge on any atom is -0.550 e. The molecule has 0 spiro atoms. The van der Waals surface area contributed by atoms with E-state index in [0.717, 1.165) is 17.3 Å². The second-order valence-corrected chi connectivity index (χ2v) is 6.30. The molecule has 0 heterocycles. The number of benzene rings is 1. The summed E-state index contributed by atoms with van der Waals surface area (Å²) in [7, 11) is 0. The summed E-state index contributed by atoms with van der Waals surface area (Å²) in [5, 5.41) is 15.0. The predicted octanol–water partition coefficient (Wildman–Crippen LogP) is 2.17. The summed E-state index contributed by atoms with van der Waals surface area (Å²) in [6.45, 7) is 0. The van der Waals surface area contributed by atoms with Gasteiger partial charge in [-0.05, 0) is 30.5 Å². The third-order valence-electron chi connectivity index (χ3n) is 4.06. The first-order valence-corrected chi connectivity index (χ1v) is 7.90. The highest BCUT2D eigenvalue weighted by Gasteiger charge is 2.38. The Morgan fingerprint density at radius 3 is 2.36 bits per heavy atom. The van der Waals surface area contributed by atoms with E-state index < -0.39 is 23.8 Å². The number of aliphatic carboxylic acids is 1. The second-order valence-electron chi connectivity index (χ2n) is 5.39. The van der Waals surface area contributed by atoms with Crippen LogP contribution in [0.3, 0.4) is 0 Å². The van der Waals surface area contributed by atoms with Crippen LogP contribution < -0.4 is 10.0 Å². The summed E-state index contributed by atoms with van der Waals surface area (Å²) in [5.74, 6) is -2.89. The van der Waals surface area contributed by atoms with Crippen LogP contribution in [-0.4, -0.2) is 11.8 Å². The molecule has 1 aromatic carbocycles. The molecule has 2 rings (SSSR count). The molecule has 7 heteroatoms. The first-order valence-electron chi connectivity index (χ1n) is 7.11. The van der Waals surface area contributed by atoms with Gasteiger partial charge in [-0.2, -0.15) is 0 Å². The molecule has 1 fully saturated rings. The number of hydrogen-bond donors (Lipinski definition) is 1. The van der Waals surface area contributed by atoms with Gasteiger partial charge in [0.05, 0.1) is 0 Å². The maximum absolute atomic E-state index is 12.7. The van der Waals surface area contributed by atoms with Crippen molar-refractivity contribution >= 4 is 27.7 Å². The first kappa shape index (κ1) is 16.5. The molecule has 0 amide bonds. The minimum atomic E-state index is -1.18. The minimum absolute atomic E-state index is 0.299. The lowest BCUT2D eigenvalue weighted by Gasteiger charge is -2.31. The topological polar surface area (TPSA) is 108 Å². The van der Waals surface area contributed by atoms with Gasteiger partial charge in [0.15, 0.2) is 5.78 Å². The molecule has 22 heavy (non-hydrogen) atoms.